The summed E-state index contributed by atoms with van der Waals surface area (Å²) < 4.78 is 0.875. The van der Waals surface area contributed by atoms with Crippen molar-refractivity contribution in [3.8, 4) is 0 Å². The van der Waals surface area contributed by atoms with Crippen molar-refractivity contribution in [1.82, 2.24) is 20.7 Å². The number of unbranched alkanes of at least 4 members (excludes halogenated alkanes) is 2. The zero-order valence-corrected chi connectivity index (χ0v) is 27.4. The van der Waals surface area contributed by atoms with Gasteiger partial charge >= 0.3 is 0 Å². The van der Waals surface area contributed by atoms with E-state index in [0.29, 0.717) is 54.3 Å². The number of amides is 4. The zero-order chi connectivity index (χ0) is 30.9. The molecular formula is C29H26Cl2N4O4S4. The van der Waals surface area contributed by atoms with Crippen LogP contribution in [0.1, 0.15) is 43.2 Å². The summed E-state index contributed by atoms with van der Waals surface area (Å²) in [7, 11) is 0. The van der Waals surface area contributed by atoms with Crippen LogP contribution in [-0.2, 0) is 19.2 Å². The molecule has 43 heavy (non-hydrogen) atoms. The van der Waals surface area contributed by atoms with Crippen molar-refractivity contribution in [2.75, 3.05) is 13.1 Å². The Labute approximate surface area is 278 Å². The van der Waals surface area contributed by atoms with Crippen molar-refractivity contribution < 1.29 is 19.2 Å². The molecule has 2 heterocycles. The summed E-state index contributed by atoms with van der Waals surface area (Å²) in [6.07, 6.45) is 5.65. The van der Waals surface area contributed by atoms with Crippen LogP contribution in [-0.4, -0.2) is 55.2 Å². The Morgan fingerprint density at radius 2 is 1.12 bits per heavy atom. The summed E-state index contributed by atoms with van der Waals surface area (Å²) in [4.78, 5) is 53.9. The van der Waals surface area contributed by atoms with E-state index in [1.807, 2.05) is 12.1 Å². The van der Waals surface area contributed by atoms with Gasteiger partial charge < -0.3 is 0 Å². The predicted octanol–water partition coefficient (Wildman–Crippen LogP) is 6.19. The summed E-state index contributed by atoms with van der Waals surface area (Å²) in [6.45, 7) is 0.559. The number of thioether (sulfide) groups is 2. The Morgan fingerprint density at radius 3 is 1.60 bits per heavy atom. The van der Waals surface area contributed by atoms with Crippen LogP contribution in [0.25, 0.3) is 12.2 Å². The van der Waals surface area contributed by atoms with Gasteiger partial charge in [0.1, 0.15) is 8.64 Å². The lowest BCUT2D eigenvalue weighted by molar-refractivity contribution is -0.129. The minimum absolute atomic E-state index is 0.0306. The van der Waals surface area contributed by atoms with Crippen LogP contribution in [0.5, 0.6) is 0 Å². The highest BCUT2D eigenvalue weighted by atomic mass is 35.5. The first-order chi connectivity index (χ1) is 20.6. The third-order valence-electron chi connectivity index (χ3n) is 6.27. The number of hydrazine groups is 1. The average molecular weight is 694 g/mol. The predicted molar refractivity (Wildman–Crippen MR) is 182 cm³/mol. The molecule has 0 spiro atoms. The van der Waals surface area contributed by atoms with E-state index in [1.165, 1.54) is 28.4 Å². The van der Waals surface area contributed by atoms with Gasteiger partial charge in [-0.05, 0) is 60.4 Å². The molecule has 2 fully saturated rings. The van der Waals surface area contributed by atoms with Gasteiger partial charge in [-0.2, -0.15) is 0 Å². The minimum Gasteiger partial charge on any atom is -0.293 e. The molecule has 0 aromatic heterocycles. The molecule has 2 aromatic carbocycles. The van der Waals surface area contributed by atoms with E-state index in [2.05, 4.69) is 10.9 Å². The van der Waals surface area contributed by atoms with E-state index in [-0.39, 0.29) is 37.1 Å². The molecule has 4 rings (SSSR count). The maximum absolute atomic E-state index is 12.8. The summed E-state index contributed by atoms with van der Waals surface area (Å²) >= 11 is 25.0. The second-order valence-corrected chi connectivity index (χ2v) is 13.7. The number of nitrogens with zero attached hydrogens (tertiary/aromatic N) is 2. The Hall–Kier alpha value is -2.74. The molecule has 4 amide bonds. The number of nitrogens with one attached hydrogen (secondary N) is 2. The molecule has 2 N–H and O–H groups in total. The van der Waals surface area contributed by atoms with E-state index in [0.717, 1.165) is 11.1 Å². The molecule has 14 heteroatoms. The molecule has 0 atom stereocenters. The Morgan fingerprint density at radius 1 is 0.674 bits per heavy atom. The Balaban J connectivity index is 1.11. The van der Waals surface area contributed by atoms with Crippen LogP contribution in [0.2, 0.25) is 10.0 Å². The van der Waals surface area contributed by atoms with E-state index >= 15 is 0 Å². The van der Waals surface area contributed by atoms with E-state index in [4.69, 9.17) is 47.6 Å². The highest BCUT2D eigenvalue weighted by Crippen LogP contribution is 2.34. The number of rotatable bonds is 11. The normalized spacial score (nSPS) is 17.0. The van der Waals surface area contributed by atoms with Gasteiger partial charge in [-0.3, -0.25) is 39.8 Å². The number of thiocarbonyl (C=S) groups is 2. The van der Waals surface area contributed by atoms with Crippen molar-refractivity contribution in [2.24, 2.45) is 0 Å². The quantitative estimate of drug-likeness (QED) is 0.125. The van der Waals surface area contributed by atoms with E-state index < -0.39 is 5.91 Å². The van der Waals surface area contributed by atoms with Crippen LogP contribution in [0, 0.1) is 0 Å². The molecule has 0 bridgehead atoms. The second-order valence-electron chi connectivity index (χ2n) is 9.43. The lowest BCUT2D eigenvalue weighted by Crippen LogP contribution is -2.43. The van der Waals surface area contributed by atoms with Crippen molar-refractivity contribution in [1.29, 1.82) is 0 Å². The molecule has 2 saturated heterocycles. The molecule has 2 aromatic rings. The van der Waals surface area contributed by atoms with Gasteiger partial charge in [0.2, 0.25) is 11.8 Å². The third-order valence-corrected chi connectivity index (χ3v) is 9.53. The van der Waals surface area contributed by atoms with Crippen molar-refractivity contribution in [2.45, 2.75) is 32.1 Å². The molecule has 0 radical (unpaired) electrons. The molecule has 0 saturated carbocycles. The van der Waals surface area contributed by atoms with Crippen LogP contribution >= 0.6 is 71.2 Å². The highest BCUT2D eigenvalue weighted by molar-refractivity contribution is 8.27. The fourth-order valence-electron chi connectivity index (χ4n) is 4.02. The highest BCUT2D eigenvalue weighted by Gasteiger charge is 2.32. The molecule has 224 valence electrons. The van der Waals surface area contributed by atoms with Crippen molar-refractivity contribution in [3.05, 3.63) is 79.5 Å². The zero-order valence-electron chi connectivity index (χ0n) is 22.6. The first-order valence-corrected chi connectivity index (χ1v) is 16.4. The average Bonchev–Trinajstić information content (AvgIpc) is 3.40. The van der Waals surface area contributed by atoms with Crippen molar-refractivity contribution >= 4 is 116 Å². The molecule has 2 aliphatic rings. The number of carbonyl (C=O) groups is 4. The fraction of sp³-hybridized carbons (Fsp3) is 0.241. The second kappa shape index (κ2) is 15.8. The maximum Gasteiger partial charge on any atom is 0.266 e. The number of benzene rings is 2. The van der Waals surface area contributed by atoms with Gasteiger partial charge in [-0.25, -0.2) is 0 Å². The maximum atomic E-state index is 12.8. The first kappa shape index (κ1) is 33.2. The number of hydrogen-bond acceptors (Lipinski definition) is 8. The topological polar surface area (TPSA) is 98.8 Å². The van der Waals surface area contributed by atoms with Gasteiger partial charge in [0.15, 0.2) is 0 Å². The van der Waals surface area contributed by atoms with Crippen LogP contribution < -0.4 is 10.9 Å². The summed E-state index contributed by atoms with van der Waals surface area (Å²) in [6, 6.07) is 14.3. The van der Waals surface area contributed by atoms with Crippen molar-refractivity contribution in [3.63, 3.8) is 0 Å². The van der Waals surface area contributed by atoms with Crippen LogP contribution in [0.4, 0.5) is 0 Å². The minimum atomic E-state index is -0.440. The fourth-order valence-corrected chi connectivity index (χ4v) is 6.89. The van der Waals surface area contributed by atoms with E-state index in [1.54, 1.807) is 53.5 Å². The van der Waals surface area contributed by atoms with Gasteiger partial charge in [0, 0.05) is 36.0 Å². The lowest BCUT2D eigenvalue weighted by Gasteiger charge is -2.15. The number of carbonyl (C=O) groups excluding carboxylic acids is 4. The molecule has 2 aliphatic heterocycles. The molecule has 8 nitrogen and oxygen atoms in total. The van der Waals surface area contributed by atoms with E-state index in [9.17, 15) is 19.2 Å². The number of hydrogen-bond donors (Lipinski definition) is 2. The number of halogens is 2. The first-order valence-electron chi connectivity index (χ1n) is 13.2. The molecule has 0 aliphatic carbocycles. The largest absolute Gasteiger partial charge is 0.293 e. The third kappa shape index (κ3) is 9.62. The van der Waals surface area contributed by atoms with Gasteiger partial charge in [-0.1, -0.05) is 102 Å². The van der Waals surface area contributed by atoms with Crippen LogP contribution in [0.15, 0.2) is 58.3 Å². The van der Waals surface area contributed by atoms with Crippen LogP contribution in [0.3, 0.4) is 0 Å². The summed E-state index contributed by atoms with van der Waals surface area (Å²) in [5.74, 6) is -1.17. The Bertz CT molecular complexity index is 1500. The molecule has 0 unspecified atom stereocenters. The SMILES string of the molecule is O=C(CCCCCN1C(=O)/C(=C/c2ccc(Cl)cc2)SC1=S)NNC(=O)CCN1C(=O)/C(=C\c2ccc(Cl)cc2)SC1=S. The van der Waals surface area contributed by atoms with Gasteiger partial charge in [-0.15, -0.1) is 0 Å². The summed E-state index contributed by atoms with van der Waals surface area (Å²) in [5.41, 5.74) is 6.46. The standard InChI is InChI=1S/C29H26Cl2N4O4S4/c30-20-9-5-18(6-10-20)16-22-26(38)34(28(40)42-22)14-3-1-2-4-24(36)32-33-25(37)13-15-35-27(39)23(43-29(35)41)17-19-7-11-21(31)12-8-19/h5-12,16-17H,1-4,13-15H2,(H,32,36)(H,33,37)/b22-16-,23-17+. The summed E-state index contributed by atoms with van der Waals surface area (Å²) in [5, 5.41) is 1.22. The Kier molecular flexibility index (Phi) is 12.2. The van der Waals surface area contributed by atoms with Gasteiger partial charge in [0.25, 0.3) is 11.8 Å². The molecular weight excluding hydrogens is 668 g/mol. The van der Waals surface area contributed by atoms with Gasteiger partial charge in [0.05, 0.1) is 9.81 Å². The lowest BCUT2D eigenvalue weighted by atomic mass is 10.2. The monoisotopic (exact) mass is 692 g/mol. The smallest absolute Gasteiger partial charge is 0.266 e.